The summed E-state index contributed by atoms with van der Waals surface area (Å²) in [6.45, 7) is 8.37. The molecule has 5 heterocycles. The summed E-state index contributed by atoms with van der Waals surface area (Å²) in [5, 5.41) is 30.8. The van der Waals surface area contributed by atoms with E-state index in [0.29, 0.717) is 30.1 Å². The van der Waals surface area contributed by atoms with Crippen LogP contribution in [-0.2, 0) is 27.5 Å². The molecular weight excluding hydrogens is 785 g/mol. The second kappa shape index (κ2) is 18.2. The minimum absolute atomic E-state index is 0.0199. The van der Waals surface area contributed by atoms with Crippen molar-refractivity contribution in [2.75, 3.05) is 18.4 Å². The minimum Gasteiger partial charge on any atom is -0.467 e. The summed E-state index contributed by atoms with van der Waals surface area (Å²) in [6, 6.07) is 16.7. The second-order valence-corrected chi connectivity index (χ2v) is 16.7. The Morgan fingerprint density at radius 1 is 0.983 bits per heavy atom. The SMILES string of the molecule is Cc1ncsc1-c1ccc(CNC(=O)[C@@H]2C[C@@H](O)CN2C(=O)[C@@H](NC(=O)CCCNC(=O)c2ccc(-c3cnc(NCc4ccco4)n4cnnc34)cc2)C(C)(C)C)cc1. The number of β-amino-alcohol motifs (C(OH)–C–C–N with tert-alkyl or cyclic N) is 1. The molecule has 6 aromatic rings. The number of nitrogens with zero attached hydrogens (tertiary/aromatic N) is 6. The molecule has 312 valence electrons. The van der Waals surface area contributed by atoms with Crippen LogP contribution in [0.1, 0.15) is 67.4 Å². The Morgan fingerprint density at radius 2 is 1.75 bits per heavy atom. The number of carbonyl (C=O) groups is 4. The van der Waals surface area contributed by atoms with E-state index in [0.717, 1.165) is 38.6 Å². The Balaban J connectivity index is 0.886. The molecule has 60 heavy (non-hydrogen) atoms. The molecule has 5 N–H and O–H groups in total. The van der Waals surface area contributed by atoms with Gasteiger partial charge in [0.1, 0.15) is 24.2 Å². The molecule has 1 aliphatic heterocycles. The van der Waals surface area contributed by atoms with Crippen LogP contribution in [0.15, 0.2) is 89.4 Å². The van der Waals surface area contributed by atoms with Crippen LogP contribution < -0.4 is 21.3 Å². The number of aryl methyl sites for hydroxylation is 1. The molecule has 0 bridgehead atoms. The van der Waals surface area contributed by atoms with E-state index < -0.39 is 29.5 Å². The number of aliphatic hydroxyl groups is 1. The van der Waals surface area contributed by atoms with Gasteiger partial charge in [0.05, 0.1) is 35.0 Å². The van der Waals surface area contributed by atoms with Gasteiger partial charge in [-0.05, 0) is 59.7 Å². The van der Waals surface area contributed by atoms with Crippen LogP contribution in [-0.4, -0.2) is 89.5 Å². The average molecular weight is 833 g/mol. The van der Waals surface area contributed by atoms with E-state index in [-0.39, 0.29) is 50.2 Å². The van der Waals surface area contributed by atoms with Crippen LogP contribution >= 0.6 is 11.3 Å². The molecule has 1 fully saturated rings. The fraction of sp³-hybridized carbons (Fsp3) is 0.349. The van der Waals surface area contributed by atoms with Crippen LogP contribution in [0.4, 0.5) is 5.95 Å². The van der Waals surface area contributed by atoms with Gasteiger partial charge in [-0.1, -0.05) is 57.2 Å². The van der Waals surface area contributed by atoms with Crippen molar-refractivity contribution in [1.29, 1.82) is 0 Å². The van der Waals surface area contributed by atoms with E-state index >= 15 is 0 Å². The Kier molecular flexibility index (Phi) is 12.7. The number of hydrogen-bond acceptors (Lipinski definition) is 12. The first kappa shape index (κ1) is 41.7. The highest BCUT2D eigenvalue weighted by molar-refractivity contribution is 7.13. The van der Waals surface area contributed by atoms with Crippen molar-refractivity contribution in [3.63, 3.8) is 0 Å². The van der Waals surface area contributed by atoms with Crippen molar-refractivity contribution < 1.29 is 28.7 Å². The van der Waals surface area contributed by atoms with E-state index in [1.165, 1.54) is 4.90 Å². The summed E-state index contributed by atoms with van der Waals surface area (Å²) in [7, 11) is 0. The predicted octanol–water partition coefficient (Wildman–Crippen LogP) is 4.75. The van der Waals surface area contributed by atoms with Crippen LogP contribution in [0.25, 0.3) is 27.2 Å². The molecule has 4 aromatic heterocycles. The van der Waals surface area contributed by atoms with Crippen molar-refractivity contribution in [1.82, 2.24) is 45.4 Å². The molecular formula is C43H48N10O6S. The van der Waals surface area contributed by atoms with E-state index in [1.54, 1.807) is 46.7 Å². The highest BCUT2D eigenvalue weighted by Gasteiger charge is 2.44. The molecule has 1 saturated heterocycles. The molecule has 0 saturated carbocycles. The molecule has 0 aliphatic carbocycles. The molecule has 4 amide bonds. The van der Waals surface area contributed by atoms with Crippen LogP contribution in [0.2, 0.25) is 0 Å². The molecule has 0 spiro atoms. The van der Waals surface area contributed by atoms with Crippen LogP contribution in [0.5, 0.6) is 0 Å². The topological polar surface area (TPSA) is 209 Å². The van der Waals surface area contributed by atoms with Gasteiger partial charge in [-0.25, -0.2) is 9.97 Å². The lowest BCUT2D eigenvalue weighted by Crippen LogP contribution is -2.57. The Bertz CT molecular complexity index is 2440. The number of carbonyl (C=O) groups excluding carboxylic acids is 4. The third kappa shape index (κ3) is 9.69. The number of likely N-dealkylation sites (tertiary alicyclic amines) is 1. The number of amides is 4. The monoisotopic (exact) mass is 832 g/mol. The Labute approximate surface area is 350 Å². The number of aromatic nitrogens is 5. The van der Waals surface area contributed by atoms with E-state index in [4.69, 9.17) is 4.42 Å². The first-order valence-corrected chi connectivity index (χ1v) is 20.6. The summed E-state index contributed by atoms with van der Waals surface area (Å²) in [5.41, 5.74) is 6.58. The van der Waals surface area contributed by atoms with Crippen molar-refractivity contribution in [2.24, 2.45) is 5.41 Å². The zero-order chi connectivity index (χ0) is 42.4. The van der Waals surface area contributed by atoms with Crippen LogP contribution in [0.3, 0.4) is 0 Å². The number of furan rings is 1. The number of thiazole rings is 1. The van der Waals surface area contributed by atoms with Gasteiger partial charge in [0.25, 0.3) is 5.91 Å². The average Bonchev–Trinajstić information content (AvgIpc) is 4.08. The standard InChI is InChI=1S/C43H48N10O6S/c1-26-36(60-25-48-26)29-11-9-27(10-12-29)20-45-40(57)34-19-31(54)23-52(34)41(58)37(43(2,3)4)50-35(55)8-5-17-44-39(56)30-15-13-28(14-16-30)33-22-47-42(53-24-49-51-38(33)53)46-21-32-7-6-18-59-32/h6-7,9-16,18,22,24-25,31,34,37,54H,5,8,17,19-21,23H2,1-4H3,(H,44,56)(H,45,57)(H,46,47)(H,50,55)/t31-,34+,37-/m1/s1. The van der Waals surface area contributed by atoms with Crippen molar-refractivity contribution in [2.45, 2.75) is 78.2 Å². The van der Waals surface area contributed by atoms with Gasteiger partial charge in [-0.3, -0.25) is 23.6 Å². The van der Waals surface area contributed by atoms with Gasteiger partial charge < -0.3 is 35.7 Å². The van der Waals surface area contributed by atoms with Gasteiger partial charge in [0, 0.05) is 49.8 Å². The Hall–Kier alpha value is -6.46. The summed E-state index contributed by atoms with van der Waals surface area (Å²) in [5.74, 6) is -0.164. The zero-order valence-electron chi connectivity index (χ0n) is 33.8. The van der Waals surface area contributed by atoms with Gasteiger partial charge in [0.15, 0.2) is 5.65 Å². The van der Waals surface area contributed by atoms with Crippen LogP contribution in [0, 0.1) is 12.3 Å². The maximum atomic E-state index is 14.0. The summed E-state index contributed by atoms with van der Waals surface area (Å²) >= 11 is 1.57. The van der Waals surface area contributed by atoms with Crippen molar-refractivity contribution >= 4 is 46.6 Å². The van der Waals surface area contributed by atoms with Gasteiger partial charge in [0.2, 0.25) is 23.7 Å². The molecule has 1 aliphatic rings. The zero-order valence-corrected chi connectivity index (χ0v) is 34.7. The fourth-order valence-corrected chi connectivity index (χ4v) is 7.91. The van der Waals surface area contributed by atoms with E-state index in [1.807, 2.05) is 81.7 Å². The summed E-state index contributed by atoms with van der Waals surface area (Å²) < 4.78 is 7.13. The quantitative estimate of drug-likeness (QED) is 0.0893. The lowest BCUT2D eigenvalue weighted by atomic mass is 9.85. The lowest BCUT2D eigenvalue weighted by Gasteiger charge is -2.35. The second-order valence-electron chi connectivity index (χ2n) is 15.8. The fourth-order valence-electron chi connectivity index (χ4n) is 7.10. The number of benzene rings is 2. The van der Waals surface area contributed by atoms with Gasteiger partial charge in [-0.2, -0.15) is 0 Å². The van der Waals surface area contributed by atoms with E-state index in [9.17, 15) is 24.3 Å². The van der Waals surface area contributed by atoms with Crippen molar-refractivity contribution in [3.8, 4) is 21.6 Å². The number of anilines is 1. The number of hydrogen-bond donors (Lipinski definition) is 5. The molecule has 17 heteroatoms. The first-order chi connectivity index (χ1) is 28.9. The summed E-state index contributed by atoms with van der Waals surface area (Å²) in [6.07, 6.45) is 4.48. The number of nitrogens with one attached hydrogen (secondary N) is 4. The highest BCUT2D eigenvalue weighted by atomic mass is 32.1. The molecule has 2 aromatic carbocycles. The smallest absolute Gasteiger partial charge is 0.251 e. The minimum atomic E-state index is -0.954. The largest absolute Gasteiger partial charge is 0.467 e. The Morgan fingerprint density at radius 3 is 2.45 bits per heavy atom. The predicted molar refractivity (Wildman–Crippen MR) is 225 cm³/mol. The normalized spacial score (nSPS) is 15.8. The highest BCUT2D eigenvalue weighted by Crippen LogP contribution is 2.29. The first-order valence-electron chi connectivity index (χ1n) is 19.7. The van der Waals surface area contributed by atoms with Crippen molar-refractivity contribution in [3.05, 3.63) is 108 Å². The molecule has 3 atom stereocenters. The maximum Gasteiger partial charge on any atom is 0.251 e. The molecule has 16 nitrogen and oxygen atoms in total. The summed E-state index contributed by atoms with van der Waals surface area (Å²) in [4.78, 5) is 65.0. The number of fused-ring (bicyclic) bond motifs is 1. The molecule has 0 radical (unpaired) electrons. The number of rotatable bonds is 15. The lowest BCUT2D eigenvalue weighted by molar-refractivity contribution is -0.144. The van der Waals surface area contributed by atoms with Gasteiger partial charge >= 0.3 is 0 Å². The van der Waals surface area contributed by atoms with Gasteiger partial charge in [-0.15, -0.1) is 21.5 Å². The molecule has 0 unspecified atom stereocenters. The third-order valence-corrected chi connectivity index (χ3v) is 11.3. The maximum absolute atomic E-state index is 14.0. The third-order valence-electron chi connectivity index (χ3n) is 10.4. The molecule has 7 rings (SSSR count). The van der Waals surface area contributed by atoms with E-state index in [2.05, 4.69) is 41.4 Å². The number of aliphatic hydroxyl groups excluding tert-OH is 1.